The fraction of sp³-hybridized carbons (Fsp3) is 0.200. The van der Waals surface area contributed by atoms with E-state index in [1.54, 1.807) is 20.2 Å². The van der Waals surface area contributed by atoms with Gasteiger partial charge < -0.3 is 4.74 Å². The Morgan fingerprint density at radius 2 is 1.84 bits per heavy atom. The van der Waals surface area contributed by atoms with E-state index < -0.39 is 6.36 Å². The highest BCUT2D eigenvalue weighted by Crippen LogP contribution is 2.24. The van der Waals surface area contributed by atoms with Gasteiger partial charge in [-0.25, -0.2) is 4.68 Å². The van der Waals surface area contributed by atoms with Crippen LogP contribution in [0.25, 0.3) is 17.1 Å². The lowest BCUT2D eigenvalue weighted by atomic mass is 10.1. The molecular weight excluding hydrogens is 339 g/mol. The first-order valence-corrected chi connectivity index (χ1v) is 7.07. The van der Waals surface area contributed by atoms with Gasteiger partial charge in [0.1, 0.15) is 5.75 Å². The predicted molar refractivity (Wildman–Crippen MR) is 81.3 cm³/mol. The van der Waals surface area contributed by atoms with Crippen LogP contribution in [0.5, 0.6) is 5.75 Å². The zero-order valence-electron chi connectivity index (χ0n) is 13.2. The van der Waals surface area contributed by atoms with Crippen molar-refractivity contribution in [2.24, 2.45) is 7.05 Å². The van der Waals surface area contributed by atoms with Crippen molar-refractivity contribution >= 4 is 0 Å². The summed E-state index contributed by atoms with van der Waals surface area (Å²) in [6, 6.07) is 6.40. The summed E-state index contributed by atoms with van der Waals surface area (Å²) >= 11 is 0. The molecule has 0 fully saturated rings. The molecule has 3 aromatic rings. The lowest BCUT2D eigenvalue weighted by Gasteiger charge is -2.12. The molecule has 0 unspecified atom stereocenters. The minimum atomic E-state index is -4.77. The molecule has 0 radical (unpaired) electrons. The van der Waals surface area contributed by atoms with E-state index in [0.717, 1.165) is 12.1 Å². The molecule has 0 aliphatic rings. The molecular formula is C15H12F3N5O2. The van der Waals surface area contributed by atoms with Crippen molar-refractivity contribution < 1.29 is 17.9 Å². The van der Waals surface area contributed by atoms with Crippen molar-refractivity contribution in [2.75, 3.05) is 0 Å². The summed E-state index contributed by atoms with van der Waals surface area (Å²) in [6.45, 7) is 1.75. The van der Waals surface area contributed by atoms with Gasteiger partial charge in [0, 0.05) is 30.6 Å². The Morgan fingerprint density at radius 1 is 1.16 bits per heavy atom. The third-order valence-corrected chi connectivity index (χ3v) is 3.47. The maximum Gasteiger partial charge on any atom is 0.573 e. The maximum atomic E-state index is 12.3. The van der Waals surface area contributed by atoms with Gasteiger partial charge in [0.25, 0.3) is 5.56 Å². The quantitative estimate of drug-likeness (QED) is 0.723. The predicted octanol–water partition coefficient (Wildman–Crippen LogP) is 2.24. The van der Waals surface area contributed by atoms with Gasteiger partial charge in [-0.05, 0) is 47.2 Å². The largest absolute Gasteiger partial charge is 0.573 e. The maximum absolute atomic E-state index is 12.3. The van der Waals surface area contributed by atoms with Gasteiger partial charge in [-0.15, -0.1) is 18.3 Å². The number of nitrogens with zero attached hydrogens (tertiary/aromatic N) is 5. The van der Waals surface area contributed by atoms with Gasteiger partial charge in [-0.3, -0.25) is 9.36 Å². The summed E-state index contributed by atoms with van der Waals surface area (Å²) in [5, 5.41) is 11.2. The Balaban J connectivity index is 2.03. The van der Waals surface area contributed by atoms with Crippen molar-refractivity contribution in [3.05, 3.63) is 52.4 Å². The summed E-state index contributed by atoms with van der Waals surface area (Å²) < 4.78 is 43.2. The van der Waals surface area contributed by atoms with E-state index in [0.29, 0.717) is 22.6 Å². The van der Waals surface area contributed by atoms with Gasteiger partial charge in [0.2, 0.25) is 0 Å². The second-order valence-electron chi connectivity index (χ2n) is 5.25. The van der Waals surface area contributed by atoms with Crippen LogP contribution in [0.4, 0.5) is 13.2 Å². The fourth-order valence-corrected chi connectivity index (χ4v) is 2.33. The van der Waals surface area contributed by atoms with Crippen LogP contribution in [-0.2, 0) is 7.05 Å². The number of pyridine rings is 1. The number of alkyl halides is 3. The molecule has 25 heavy (non-hydrogen) atoms. The number of tetrazole rings is 1. The van der Waals surface area contributed by atoms with E-state index >= 15 is 0 Å². The van der Waals surface area contributed by atoms with E-state index in [1.807, 2.05) is 0 Å². The molecule has 0 saturated carbocycles. The van der Waals surface area contributed by atoms with Crippen LogP contribution in [0.3, 0.4) is 0 Å². The summed E-state index contributed by atoms with van der Waals surface area (Å²) in [5.74, 6) is 0.0948. The SMILES string of the molecule is Cc1cc(=O)n(-c2ccc(OC(F)(F)F)cc2)cc1-c1nnnn1C. The van der Waals surface area contributed by atoms with E-state index in [-0.39, 0.29) is 11.3 Å². The molecule has 3 rings (SSSR count). The van der Waals surface area contributed by atoms with Crippen LogP contribution in [-0.4, -0.2) is 31.1 Å². The zero-order valence-corrected chi connectivity index (χ0v) is 13.2. The topological polar surface area (TPSA) is 74.8 Å². The molecule has 0 aliphatic carbocycles. The smallest absolute Gasteiger partial charge is 0.406 e. The van der Waals surface area contributed by atoms with Gasteiger partial charge in [0.05, 0.1) is 0 Å². The number of benzene rings is 1. The molecule has 0 amide bonds. The molecule has 0 saturated heterocycles. The number of aromatic nitrogens is 5. The summed E-state index contributed by atoms with van der Waals surface area (Å²) in [5.41, 5.74) is 1.36. The average Bonchev–Trinajstić information content (AvgIpc) is 2.93. The van der Waals surface area contributed by atoms with Gasteiger partial charge >= 0.3 is 6.36 Å². The standard InChI is InChI=1S/C15H12F3N5O2/c1-9-7-13(24)23(8-12(9)14-19-20-21-22(14)2)10-3-5-11(6-4-10)25-15(16,17)18/h3-8H,1-2H3. The molecule has 0 bridgehead atoms. The molecule has 0 atom stereocenters. The van der Waals surface area contributed by atoms with Crippen LogP contribution >= 0.6 is 0 Å². The Morgan fingerprint density at radius 3 is 2.40 bits per heavy atom. The first-order chi connectivity index (χ1) is 11.7. The highest BCUT2D eigenvalue weighted by atomic mass is 19.4. The van der Waals surface area contributed by atoms with Crippen molar-refractivity contribution in [3.8, 4) is 22.8 Å². The third-order valence-electron chi connectivity index (χ3n) is 3.47. The second kappa shape index (κ2) is 6.04. The van der Waals surface area contributed by atoms with Gasteiger partial charge in [-0.1, -0.05) is 0 Å². The van der Waals surface area contributed by atoms with Crippen molar-refractivity contribution in [2.45, 2.75) is 13.3 Å². The molecule has 2 heterocycles. The number of halogens is 3. The van der Waals surface area contributed by atoms with E-state index in [9.17, 15) is 18.0 Å². The Labute approximate surface area is 139 Å². The lowest BCUT2D eigenvalue weighted by molar-refractivity contribution is -0.274. The van der Waals surface area contributed by atoms with Crippen LogP contribution in [0.15, 0.2) is 41.3 Å². The Bertz CT molecular complexity index is 961. The molecule has 2 aromatic heterocycles. The van der Waals surface area contributed by atoms with E-state index in [1.165, 1.54) is 27.4 Å². The third kappa shape index (κ3) is 3.52. The highest BCUT2D eigenvalue weighted by molar-refractivity contribution is 5.59. The second-order valence-corrected chi connectivity index (χ2v) is 5.25. The molecule has 7 nitrogen and oxygen atoms in total. The molecule has 10 heteroatoms. The van der Waals surface area contributed by atoms with Crippen molar-refractivity contribution in [3.63, 3.8) is 0 Å². The summed E-state index contributed by atoms with van der Waals surface area (Å²) in [6.07, 6.45) is -3.23. The Hall–Kier alpha value is -3.17. The molecule has 130 valence electrons. The minimum absolute atomic E-state index is 0.333. The van der Waals surface area contributed by atoms with Crippen LogP contribution < -0.4 is 10.3 Å². The molecule has 1 aromatic carbocycles. The summed E-state index contributed by atoms with van der Waals surface area (Å²) in [7, 11) is 1.66. The van der Waals surface area contributed by atoms with Crippen molar-refractivity contribution in [1.82, 2.24) is 24.8 Å². The van der Waals surface area contributed by atoms with Crippen LogP contribution in [0.2, 0.25) is 0 Å². The number of aryl methyl sites for hydroxylation is 2. The fourth-order valence-electron chi connectivity index (χ4n) is 2.33. The number of ether oxygens (including phenoxy) is 1. The monoisotopic (exact) mass is 351 g/mol. The minimum Gasteiger partial charge on any atom is -0.406 e. The van der Waals surface area contributed by atoms with E-state index in [2.05, 4.69) is 20.3 Å². The number of rotatable bonds is 3. The zero-order chi connectivity index (χ0) is 18.2. The lowest BCUT2D eigenvalue weighted by Crippen LogP contribution is -2.19. The molecule has 0 spiro atoms. The highest BCUT2D eigenvalue weighted by Gasteiger charge is 2.31. The normalized spacial score (nSPS) is 11.6. The van der Waals surface area contributed by atoms with E-state index in [4.69, 9.17) is 0 Å². The molecule has 0 N–H and O–H groups in total. The first kappa shape index (κ1) is 16.7. The average molecular weight is 351 g/mol. The van der Waals surface area contributed by atoms with Gasteiger partial charge in [-0.2, -0.15) is 0 Å². The van der Waals surface area contributed by atoms with Crippen LogP contribution in [0, 0.1) is 6.92 Å². The van der Waals surface area contributed by atoms with Crippen molar-refractivity contribution in [1.29, 1.82) is 0 Å². The first-order valence-electron chi connectivity index (χ1n) is 7.07. The van der Waals surface area contributed by atoms with Gasteiger partial charge in [0.15, 0.2) is 5.82 Å². The number of hydrogen-bond donors (Lipinski definition) is 0. The number of hydrogen-bond acceptors (Lipinski definition) is 5. The van der Waals surface area contributed by atoms with Crippen LogP contribution in [0.1, 0.15) is 5.56 Å². The summed E-state index contributed by atoms with van der Waals surface area (Å²) in [4.78, 5) is 12.3. The molecule has 0 aliphatic heterocycles. The Kier molecular flexibility index (Phi) is 4.03.